The first kappa shape index (κ1) is 10.8. The highest BCUT2D eigenvalue weighted by atomic mass is 16.5. The van der Waals surface area contributed by atoms with E-state index >= 15 is 0 Å². The van der Waals surface area contributed by atoms with Crippen LogP contribution in [0.3, 0.4) is 0 Å². The molecule has 0 saturated heterocycles. The second-order valence-electron chi connectivity index (χ2n) is 4.18. The van der Waals surface area contributed by atoms with Gasteiger partial charge in [0.1, 0.15) is 11.5 Å². The minimum Gasteiger partial charge on any atom is -0.465 e. The van der Waals surface area contributed by atoms with Crippen molar-refractivity contribution in [3.8, 4) is 11.7 Å². The lowest BCUT2D eigenvalue weighted by Crippen LogP contribution is -2.34. The molecule has 0 unspecified atom stereocenters. The summed E-state index contributed by atoms with van der Waals surface area (Å²) in [5, 5.41) is 12.7. The van der Waals surface area contributed by atoms with E-state index in [1.54, 1.807) is 6.07 Å². The zero-order chi connectivity index (χ0) is 12.7. The molecule has 1 aliphatic rings. The monoisotopic (exact) mass is 249 g/mol. The van der Waals surface area contributed by atoms with Gasteiger partial charge in [0.05, 0.1) is 12.2 Å². The van der Waals surface area contributed by atoms with E-state index in [2.05, 4.69) is 10.1 Å². The Hall–Kier alpha value is -2.31. The summed E-state index contributed by atoms with van der Waals surface area (Å²) < 4.78 is 10.6. The Morgan fingerprint density at radius 1 is 1.56 bits per heavy atom. The van der Waals surface area contributed by atoms with Crippen molar-refractivity contribution in [1.29, 1.82) is 0 Å². The third-order valence-electron chi connectivity index (χ3n) is 2.84. The van der Waals surface area contributed by atoms with Gasteiger partial charge in [-0.1, -0.05) is 5.16 Å². The average molecular weight is 249 g/mol. The first-order chi connectivity index (χ1) is 8.63. The summed E-state index contributed by atoms with van der Waals surface area (Å²) in [7, 11) is 0. The fraction of sp³-hybridized carbons (Fsp3) is 0.364. The quantitative estimate of drug-likeness (QED) is 0.826. The van der Waals surface area contributed by atoms with Gasteiger partial charge in [-0.3, -0.25) is 0 Å². The Balaban J connectivity index is 1.91. The number of fused-ring (bicyclic) bond motifs is 1. The summed E-state index contributed by atoms with van der Waals surface area (Å²) in [5.41, 5.74) is 1.39. The lowest BCUT2D eigenvalue weighted by atomic mass is 10.2. The molecular weight excluding hydrogens is 238 g/mol. The number of nitrogens with zero attached hydrogens (tertiary/aromatic N) is 3. The summed E-state index contributed by atoms with van der Waals surface area (Å²) in [6, 6.07) is 1.73. The first-order valence-electron chi connectivity index (χ1n) is 5.53. The number of aryl methyl sites for hydroxylation is 1. The minimum atomic E-state index is -0.944. The van der Waals surface area contributed by atoms with Crippen LogP contribution in [0.1, 0.15) is 17.1 Å². The second-order valence-corrected chi connectivity index (χ2v) is 4.18. The van der Waals surface area contributed by atoms with Gasteiger partial charge < -0.3 is 18.9 Å². The highest BCUT2D eigenvalue weighted by Crippen LogP contribution is 2.26. The van der Waals surface area contributed by atoms with Gasteiger partial charge in [0, 0.05) is 19.0 Å². The van der Waals surface area contributed by atoms with Crippen LogP contribution in [0.25, 0.3) is 11.7 Å². The molecule has 3 heterocycles. The standard InChI is InChI=1S/C11H11N3O4/c1-6-4-9(18-13-6)10-12-7-5-14(11(15)16)3-2-8(7)17-10/h4H,2-3,5H2,1H3,(H,15,16). The smallest absolute Gasteiger partial charge is 0.407 e. The Morgan fingerprint density at radius 2 is 2.39 bits per heavy atom. The predicted octanol–water partition coefficient (Wildman–Crippen LogP) is 1.67. The van der Waals surface area contributed by atoms with Gasteiger partial charge >= 0.3 is 6.09 Å². The molecule has 0 aliphatic carbocycles. The molecule has 0 atom stereocenters. The van der Waals surface area contributed by atoms with Crippen molar-refractivity contribution >= 4 is 6.09 Å². The molecule has 18 heavy (non-hydrogen) atoms. The molecule has 0 saturated carbocycles. The van der Waals surface area contributed by atoms with Gasteiger partial charge in [0.2, 0.25) is 5.76 Å². The maximum absolute atomic E-state index is 10.9. The Kier molecular flexibility index (Phi) is 2.32. The van der Waals surface area contributed by atoms with Gasteiger partial charge in [-0.2, -0.15) is 0 Å². The van der Waals surface area contributed by atoms with Gasteiger partial charge in [0.15, 0.2) is 0 Å². The van der Waals surface area contributed by atoms with E-state index < -0.39 is 6.09 Å². The Bertz CT molecular complexity index is 601. The summed E-state index contributed by atoms with van der Waals surface area (Å²) in [4.78, 5) is 16.5. The van der Waals surface area contributed by atoms with E-state index in [4.69, 9.17) is 14.0 Å². The third-order valence-corrected chi connectivity index (χ3v) is 2.84. The van der Waals surface area contributed by atoms with Crippen LogP contribution in [0.2, 0.25) is 0 Å². The van der Waals surface area contributed by atoms with Crippen molar-refractivity contribution in [2.24, 2.45) is 0 Å². The number of rotatable bonds is 1. The first-order valence-corrected chi connectivity index (χ1v) is 5.53. The SMILES string of the molecule is Cc1cc(-c2nc3c(o2)CCN(C(=O)O)C3)on1. The maximum Gasteiger partial charge on any atom is 0.407 e. The van der Waals surface area contributed by atoms with Crippen molar-refractivity contribution in [2.75, 3.05) is 6.54 Å². The Morgan fingerprint density at radius 3 is 3.06 bits per heavy atom. The summed E-state index contributed by atoms with van der Waals surface area (Å²) in [6.07, 6.45) is -0.414. The van der Waals surface area contributed by atoms with Crippen LogP contribution < -0.4 is 0 Å². The number of hydrogen-bond donors (Lipinski definition) is 1. The molecule has 0 fully saturated rings. The van der Waals surface area contributed by atoms with Crippen LogP contribution in [0.4, 0.5) is 4.79 Å². The van der Waals surface area contributed by atoms with Gasteiger partial charge in [0.25, 0.3) is 5.89 Å². The van der Waals surface area contributed by atoms with E-state index in [1.807, 2.05) is 6.92 Å². The van der Waals surface area contributed by atoms with Crippen LogP contribution in [-0.4, -0.2) is 32.8 Å². The molecule has 1 amide bonds. The van der Waals surface area contributed by atoms with Crippen LogP contribution in [0.5, 0.6) is 0 Å². The zero-order valence-corrected chi connectivity index (χ0v) is 9.71. The van der Waals surface area contributed by atoms with Crippen molar-refractivity contribution in [2.45, 2.75) is 19.9 Å². The van der Waals surface area contributed by atoms with Crippen LogP contribution in [0.15, 0.2) is 15.0 Å². The molecule has 0 aromatic carbocycles. The molecule has 0 spiro atoms. The number of oxazole rings is 1. The fourth-order valence-corrected chi connectivity index (χ4v) is 1.93. The normalized spacial score (nSPS) is 14.6. The summed E-state index contributed by atoms with van der Waals surface area (Å²) in [5.74, 6) is 1.54. The molecule has 0 radical (unpaired) electrons. The number of hydrogen-bond acceptors (Lipinski definition) is 5. The second kappa shape index (κ2) is 3.86. The number of carboxylic acid groups (broad SMARTS) is 1. The van der Waals surface area contributed by atoms with Crippen LogP contribution >= 0.6 is 0 Å². The van der Waals surface area contributed by atoms with E-state index in [0.717, 1.165) is 11.5 Å². The van der Waals surface area contributed by atoms with Crippen LogP contribution in [0, 0.1) is 6.92 Å². The number of amides is 1. The van der Waals surface area contributed by atoms with Crippen LogP contribution in [-0.2, 0) is 13.0 Å². The molecule has 2 aromatic heterocycles. The molecule has 7 heteroatoms. The van der Waals surface area contributed by atoms with Crippen molar-refractivity contribution in [3.63, 3.8) is 0 Å². The third kappa shape index (κ3) is 1.73. The predicted molar refractivity (Wildman–Crippen MR) is 58.9 cm³/mol. The zero-order valence-electron chi connectivity index (χ0n) is 9.71. The van der Waals surface area contributed by atoms with E-state index in [-0.39, 0.29) is 6.54 Å². The molecule has 1 aliphatic heterocycles. The molecule has 94 valence electrons. The molecule has 7 nitrogen and oxygen atoms in total. The van der Waals surface area contributed by atoms with E-state index in [1.165, 1.54) is 4.90 Å². The number of aromatic nitrogens is 2. The fourth-order valence-electron chi connectivity index (χ4n) is 1.93. The van der Waals surface area contributed by atoms with Crippen molar-refractivity contribution < 1.29 is 18.8 Å². The summed E-state index contributed by atoms with van der Waals surface area (Å²) >= 11 is 0. The maximum atomic E-state index is 10.9. The van der Waals surface area contributed by atoms with E-state index in [0.29, 0.717) is 30.3 Å². The van der Waals surface area contributed by atoms with E-state index in [9.17, 15) is 4.79 Å². The molecule has 1 N–H and O–H groups in total. The van der Waals surface area contributed by atoms with Gasteiger partial charge in [-0.25, -0.2) is 9.78 Å². The average Bonchev–Trinajstić information content (AvgIpc) is 2.93. The lowest BCUT2D eigenvalue weighted by Gasteiger charge is -2.21. The largest absolute Gasteiger partial charge is 0.465 e. The van der Waals surface area contributed by atoms with Gasteiger partial charge in [-0.05, 0) is 6.92 Å². The Labute approximate surface area is 102 Å². The molecule has 3 rings (SSSR count). The lowest BCUT2D eigenvalue weighted by molar-refractivity contribution is 0.137. The minimum absolute atomic E-state index is 0.251. The molecule has 0 bridgehead atoms. The molecular formula is C11H11N3O4. The van der Waals surface area contributed by atoms with Crippen molar-refractivity contribution in [1.82, 2.24) is 15.0 Å². The highest BCUT2D eigenvalue weighted by molar-refractivity contribution is 5.65. The number of carbonyl (C=O) groups is 1. The van der Waals surface area contributed by atoms with Crippen molar-refractivity contribution in [3.05, 3.63) is 23.2 Å². The van der Waals surface area contributed by atoms with Gasteiger partial charge in [-0.15, -0.1) is 0 Å². The molecule has 2 aromatic rings. The summed E-state index contributed by atoms with van der Waals surface area (Å²) in [6.45, 7) is 2.48. The highest BCUT2D eigenvalue weighted by Gasteiger charge is 2.26. The topological polar surface area (TPSA) is 92.6 Å².